The molecule has 0 radical (unpaired) electrons. The molecule has 33 heavy (non-hydrogen) atoms. The molecule has 0 bridgehead atoms. The second kappa shape index (κ2) is 9.68. The van der Waals surface area contributed by atoms with Crippen LogP contribution in [0.3, 0.4) is 0 Å². The Morgan fingerprint density at radius 2 is 1.85 bits per heavy atom. The minimum Gasteiger partial charge on any atom is -0.454 e. The van der Waals surface area contributed by atoms with Gasteiger partial charge in [-0.1, -0.05) is 12.1 Å². The summed E-state index contributed by atoms with van der Waals surface area (Å²) in [5, 5.41) is 2.86. The molecule has 0 spiro atoms. The van der Waals surface area contributed by atoms with Crippen molar-refractivity contribution in [1.29, 1.82) is 0 Å². The van der Waals surface area contributed by atoms with Crippen LogP contribution < -0.4 is 14.8 Å². The highest BCUT2D eigenvalue weighted by Gasteiger charge is 2.28. The summed E-state index contributed by atoms with van der Waals surface area (Å²) in [6.45, 7) is 5.70. The van der Waals surface area contributed by atoms with Crippen molar-refractivity contribution >= 4 is 21.6 Å². The number of amides is 1. The number of hydrogen-bond acceptors (Lipinski definition) is 7. The van der Waals surface area contributed by atoms with Crippen LogP contribution in [-0.4, -0.2) is 69.7 Å². The van der Waals surface area contributed by atoms with E-state index in [2.05, 4.69) is 5.32 Å². The number of ether oxygens (including phenoxy) is 3. The molecule has 2 aromatic carbocycles. The molecule has 4 rings (SSSR count). The Bertz CT molecular complexity index is 1130. The molecular formula is C23H29N3O6S. The van der Waals surface area contributed by atoms with Crippen molar-refractivity contribution in [2.45, 2.75) is 31.3 Å². The van der Waals surface area contributed by atoms with E-state index < -0.39 is 16.1 Å². The first-order valence-corrected chi connectivity index (χ1v) is 12.3. The van der Waals surface area contributed by atoms with E-state index >= 15 is 0 Å². The van der Waals surface area contributed by atoms with E-state index in [4.69, 9.17) is 14.2 Å². The Labute approximate surface area is 194 Å². The van der Waals surface area contributed by atoms with Crippen LogP contribution in [0.25, 0.3) is 0 Å². The first-order valence-electron chi connectivity index (χ1n) is 10.8. The third-order valence-corrected chi connectivity index (χ3v) is 7.99. The fourth-order valence-electron chi connectivity index (χ4n) is 3.79. The van der Waals surface area contributed by atoms with E-state index in [1.807, 2.05) is 37.1 Å². The van der Waals surface area contributed by atoms with E-state index in [1.54, 1.807) is 19.1 Å². The van der Waals surface area contributed by atoms with Gasteiger partial charge in [0.1, 0.15) is 0 Å². The highest BCUT2D eigenvalue weighted by molar-refractivity contribution is 7.89. The predicted octanol–water partition coefficient (Wildman–Crippen LogP) is 2.20. The summed E-state index contributed by atoms with van der Waals surface area (Å²) in [5.74, 6) is 1.19. The van der Waals surface area contributed by atoms with Gasteiger partial charge in [0, 0.05) is 25.3 Å². The molecule has 1 N–H and O–H groups in total. The lowest BCUT2D eigenvalue weighted by Gasteiger charge is -2.27. The van der Waals surface area contributed by atoms with Gasteiger partial charge in [0.25, 0.3) is 0 Å². The first-order chi connectivity index (χ1) is 15.8. The second-order valence-corrected chi connectivity index (χ2v) is 10.2. The van der Waals surface area contributed by atoms with E-state index in [0.29, 0.717) is 49.8 Å². The minimum absolute atomic E-state index is 0.198. The van der Waals surface area contributed by atoms with Gasteiger partial charge in [0.2, 0.25) is 22.7 Å². The summed E-state index contributed by atoms with van der Waals surface area (Å²) < 4.78 is 43.7. The van der Waals surface area contributed by atoms with Crippen molar-refractivity contribution in [2.75, 3.05) is 45.5 Å². The molecule has 2 aliphatic heterocycles. The monoisotopic (exact) mass is 475 g/mol. The van der Waals surface area contributed by atoms with Gasteiger partial charge >= 0.3 is 0 Å². The average molecular weight is 476 g/mol. The molecule has 0 saturated carbocycles. The highest BCUT2D eigenvalue weighted by Crippen LogP contribution is 2.33. The van der Waals surface area contributed by atoms with Crippen molar-refractivity contribution in [1.82, 2.24) is 9.21 Å². The average Bonchev–Trinajstić information content (AvgIpc) is 3.28. The Kier molecular flexibility index (Phi) is 6.89. The van der Waals surface area contributed by atoms with Crippen molar-refractivity contribution in [3.8, 4) is 11.5 Å². The molecule has 2 heterocycles. The maximum absolute atomic E-state index is 13.1. The van der Waals surface area contributed by atoms with E-state index in [9.17, 15) is 13.2 Å². The van der Waals surface area contributed by atoms with Crippen LogP contribution >= 0.6 is 0 Å². The quantitative estimate of drug-likeness (QED) is 0.656. The maximum atomic E-state index is 13.1. The largest absolute Gasteiger partial charge is 0.454 e. The number of benzene rings is 2. The van der Waals surface area contributed by atoms with Gasteiger partial charge in [0.05, 0.1) is 24.2 Å². The zero-order chi connectivity index (χ0) is 23.6. The lowest BCUT2D eigenvalue weighted by Crippen LogP contribution is -2.41. The van der Waals surface area contributed by atoms with Gasteiger partial charge in [-0.25, -0.2) is 8.42 Å². The number of aryl methyl sites for hydroxylation is 1. The molecule has 10 heteroatoms. The second-order valence-electron chi connectivity index (χ2n) is 8.26. The normalized spacial score (nSPS) is 17.2. The van der Waals surface area contributed by atoms with Crippen molar-refractivity contribution in [3.63, 3.8) is 0 Å². The molecule has 0 aliphatic carbocycles. The number of anilines is 1. The van der Waals surface area contributed by atoms with Crippen LogP contribution in [0.2, 0.25) is 0 Å². The van der Waals surface area contributed by atoms with Crippen LogP contribution in [-0.2, 0) is 26.1 Å². The van der Waals surface area contributed by atoms with Crippen LogP contribution in [0.15, 0.2) is 41.3 Å². The lowest BCUT2D eigenvalue weighted by atomic mass is 10.1. The predicted molar refractivity (Wildman–Crippen MR) is 123 cm³/mol. The van der Waals surface area contributed by atoms with Crippen LogP contribution in [0, 0.1) is 6.92 Å². The number of rotatable bonds is 7. The molecule has 1 amide bonds. The zero-order valence-electron chi connectivity index (χ0n) is 19.0. The van der Waals surface area contributed by atoms with E-state index in [1.165, 1.54) is 10.4 Å². The smallest absolute Gasteiger partial charge is 0.243 e. The Morgan fingerprint density at radius 1 is 1.12 bits per heavy atom. The number of sulfonamides is 1. The molecule has 1 saturated heterocycles. The molecule has 1 atom stereocenters. The Morgan fingerprint density at radius 3 is 2.61 bits per heavy atom. The van der Waals surface area contributed by atoms with Gasteiger partial charge in [-0.3, -0.25) is 9.69 Å². The third kappa shape index (κ3) is 5.14. The number of morpholine rings is 1. The molecule has 2 aliphatic rings. The standard InChI is InChI=1S/C23H29N3O6S/c1-16-4-6-19(13-22(16)33(28,29)26-8-10-30-11-9-26)24-23(27)17(2)25(3)14-18-5-7-20-21(12-18)32-15-31-20/h4-7,12-13,17H,8-11,14-15H2,1-3H3,(H,24,27). The number of fused-ring (bicyclic) bond motifs is 1. The minimum atomic E-state index is -3.66. The number of hydrogen-bond donors (Lipinski definition) is 1. The highest BCUT2D eigenvalue weighted by atomic mass is 32.2. The molecule has 0 aromatic heterocycles. The fraction of sp³-hybridized carbons (Fsp3) is 0.435. The Hall–Kier alpha value is -2.66. The fourth-order valence-corrected chi connectivity index (χ4v) is 5.45. The first kappa shape index (κ1) is 23.5. The van der Waals surface area contributed by atoms with Crippen molar-refractivity contribution in [2.24, 2.45) is 0 Å². The molecular weight excluding hydrogens is 446 g/mol. The van der Waals surface area contributed by atoms with Crippen LogP contribution in [0.5, 0.6) is 11.5 Å². The van der Waals surface area contributed by atoms with Crippen LogP contribution in [0.4, 0.5) is 5.69 Å². The third-order valence-electron chi connectivity index (χ3n) is 5.95. The molecule has 1 unspecified atom stereocenters. The van der Waals surface area contributed by atoms with E-state index in [0.717, 1.165) is 11.3 Å². The van der Waals surface area contributed by atoms with Crippen molar-refractivity contribution < 1.29 is 27.4 Å². The maximum Gasteiger partial charge on any atom is 0.243 e. The number of nitrogens with zero attached hydrogens (tertiary/aromatic N) is 2. The van der Waals surface area contributed by atoms with Gasteiger partial charge < -0.3 is 19.5 Å². The molecule has 178 valence electrons. The zero-order valence-corrected chi connectivity index (χ0v) is 19.9. The number of likely N-dealkylation sites (N-methyl/N-ethyl adjacent to an activating group) is 1. The molecule has 2 aromatic rings. The van der Waals surface area contributed by atoms with Gasteiger partial charge in [0.15, 0.2) is 11.5 Å². The summed E-state index contributed by atoms with van der Waals surface area (Å²) >= 11 is 0. The summed E-state index contributed by atoms with van der Waals surface area (Å²) in [6.07, 6.45) is 0. The lowest BCUT2D eigenvalue weighted by molar-refractivity contribution is -0.120. The van der Waals surface area contributed by atoms with Gasteiger partial charge in [-0.2, -0.15) is 4.31 Å². The van der Waals surface area contributed by atoms with Gasteiger partial charge in [-0.15, -0.1) is 0 Å². The SMILES string of the molecule is Cc1ccc(NC(=O)C(C)N(C)Cc2ccc3c(c2)OCO3)cc1S(=O)(=O)N1CCOCC1. The van der Waals surface area contributed by atoms with E-state index in [-0.39, 0.29) is 17.6 Å². The molecule has 1 fully saturated rings. The summed E-state index contributed by atoms with van der Waals surface area (Å²) in [6, 6.07) is 10.2. The summed E-state index contributed by atoms with van der Waals surface area (Å²) in [7, 11) is -1.80. The number of carbonyl (C=O) groups excluding carboxylic acids is 1. The summed E-state index contributed by atoms with van der Waals surface area (Å²) in [4.78, 5) is 15.0. The number of nitrogens with one attached hydrogen (secondary N) is 1. The molecule has 9 nitrogen and oxygen atoms in total. The van der Waals surface area contributed by atoms with Crippen LogP contribution in [0.1, 0.15) is 18.1 Å². The number of carbonyl (C=O) groups is 1. The summed E-state index contributed by atoms with van der Waals surface area (Å²) in [5.41, 5.74) is 2.07. The topological polar surface area (TPSA) is 97.4 Å². The Balaban J connectivity index is 1.43. The van der Waals surface area contributed by atoms with Crippen molar-refractivity contribution in [3.05, 3.63) is 47.5 Å². The van der Waals surface area contributed by atoms with Gasteiger partial charge in [-0.05, 0) is 56.3 Å².